The molecule has 1 unspecified atom stereocenters. The van der Waals surface area contributed by atoms with Crippen molar-refractivity contribution in [1.29, 1.82) is 0 Å². The van der Waals surface area contributed by atoms with Crippen molar-refractivity contribution >= 4 is 11.9 Å². The number of aliphatic hydroxyl groups excluding tert-OH is 1. The lowest BCUT2D eigenvalue weighted by molar-refractivity contribution is 0.0746. The molecule has 0 heterocycles. The first-order valence-electron chi connectivity index (χ1n) is 6.81. The molecular formula is C17H18O7. The molecule has 7 heteroatoms. The van der Waals surface area contributed by atoms with Crippen LogP contribution in [-0.4, -0.2) is 41.5 Å². The molecule has 0 saturated carbocycles. The maximum Gasteiger partial charge on any atom is 0.503 e. The number of methoxy groups -OCH3 is 2. The largest absolute Gasteiger partial charge is 0.503 e. The zero-order valence-electron chi connectivity index (χ0n) is 13.2. The zero-order valence-corrected chi connectivity index (χ0v) is 13.2. The first-order valence-corrected chi connectivity index (χ1v) is 6.81. The van der Waals surface area contributed by atoms with Gasteiger partial charge in [-0.15, -0.1) is 0 Å². The number of ketones is 1. The minimum atomic E-state index is -1.83. The molecule has 24 heavy (non-hydrogen) atoms. The van der Waals surface area contributed by atoms with Crippen molar-refractivity contribution in [2.75, 3.05) is 14.2 Å². The fraction of sp³-hybridized carbons (Fsp3) is 0.176. The van der Waals surface area contributed by atoms with Crippen LogP contribution in [0.1, 0.15) is 22.0 Å². The van der Waals surface area contributed by atoms with Gasteiger partial charge in [0.05, 0.1) is 14.2 Å². The summed E-state index contributed by atoms with van der Waals surface area (Å²) in [7, 11) is 3.07. The molecule has 0 aliphatic heterocycles. The van der Waals surface area contributed by atoms with Crippen LogP contribution in [0.2, 0.25) is 0 Å². The molecule has 2 aromatic carbocycles. The van der Waals surface area contributed by atoms with Crippen LogP contribution in [0.4, 0.5) is 4.79 Å². The Morgan fingerprint density at radius 1 is 0.917 bits per heavy atom. The van der Waals surface area contributed by atoms with E-state index in [4.69, 9.17) is 24.5 Å². The van der Waals surface area contributed by atoms with Crippen LogP contribution in [0.25, 0.3) is 0 Å². The molecule has 0 radical (unpaired) electrons. The van der Waals surface area contributed by atoms with Crippen LogP contribution in [-0.2, 0) is 0 Å². The Balaban J connectivity index is 0.000000648. The second-order valence-electron chi connectivity index (χ2n) is 4.56. The minimum absolute atomic E-state index is 0.378. The summed E-state index contributed by atoms with van der Waals surface area (Å²) >= 11 is 0. The van der Waals surface area contributed by atoms with Crippen molar-refractivity contribution in [3.63, 3.8) is 0 Å². The Bertz CT molecular complexity index is 693. The maximum absolute atomic E-state index is 12.3. The van der Waals surface area contributed by atoms with E-state index in [2.05, 4.69) is 0 Å². The third-order valence-electron chi connectivity index (χ3n) is 3.01. The average Bonchev–Trinajstić information content (AvgIpc) is 2.60. The summed E-state index contributed by atoms with van der Waals surface area (Å²) in [5.41, 5.74) is 0.900. The van der Waals surface area contributed by atoms with Gasteiger partial charge in [0.2, 0.25) is 0 Å². The smallest absolute Gasteiger partial charge is 0.497 e. The van der Waals surface area contributed by atoms with Crippen LogP contribution in [0, 0.1) is 0 Å². The maximum atomic E-state index is 12.3. The van der Waals surface area contributed by atoms with Crippen molar-refractivity contribution in [2.24, 2.45) is 0 Å². The molecule has 2 rings (SSSR count). The van der Waals surface area contributed by atoms with Gasteiger partial charge < -0.3 is 24.8 Å². The molecule has 0 saturated heterocycles. The molecule has 0 aromatic heterocycles. The molecule has 3 N–H and O–H groups in total. The molecule has 0 bridgehead atoms. The Hall–Kier alpha value is -3.06. The molecule has 0 fully saturated rings. The monoisotopic (exact) mass is 334 g/mol. The second kappa shape index (κ2) is 9.16. The Labute approximate surface area is 138 Å². The van der Waals surface area contributed by atoms with E-state index in [1.807, 2.05) is 0 Å². The lowest BCUT2D eigenvalue weighted by Gasteiger charge is -2.12. The van der Waals surface area contributed by atoms with Gasteiger partial charge in [0, 0.05) is 5.56 Å². The Morgan fingerprint density at radius 2 is 1.42 bits per heavy atom. The van der Waals surface area contributed by atoms with Gasteiger partial charge in [0.25, 0.3) is 0 Å². The van der Waals surface area contributed by atoms with Gasteiger partial charge >= 0.3 is 6.16 Å². The quantitative estimate of drug-likeness (QED) is 0.720. The highest BCUT2D eigenvalue weighted by molar-refractivity contribution is 6.00. The molecule has 1 atom stereocenters. The highest BCUT2D eigenvalue weighted by Gasteiger charge is 2.20. The number of carbonyl (C=O) groups excluding carboxylic acids is 1. The van der Waals surface area contributed by atoms with E-state index in [-0.39, 0.29) is 5.78 Å². The van der Waals surface area contributed by atoms with Crippen molar-refractivity contribution in [2.45, 2.75) is 6.10 Å². The number of Topliss-reactive ketones (excluding diaryl/α,β-unsaturated/α-hetero) is 1. The summed E-state index contributed by atoms with van der Waals surface area (Å²) in [4.78, 5) is 20.8. The lowest BCUT2D eigenvalue weighted by Crippen LogP contribution is -2.12. The first kappa shape index (κ1) is 19.0. The van der Waals surface area contributed by atoms with Gasteiger partial charge in [-0.05, 0) is 29.8 Å². The standard InChI is InChI=1S/C16H16O4.CH2O3/c1-19-13-7-3-5-11(9-13)15(17)16(18)12-6-4-8-14(10-12)20-2;2-1(3)4/h3-10,15,17H,1-2H3;(H2,2,3,4). The van der Waals surface area contributed by atoms with Crippen LogP contribution in [0.5, 0.6) is 11.5 Å². The third kappa shape index (κ3) is 5.62. The topological polar surface area (TPSA) is 113 Å². The molecule has 0 spiro atoms. The molecule has 7 nitrogen and oxygen atoms in total. The molecular weight excluding hydrogens is 316 g/mol. The van der Waals surface area contributed by atoms with Gasteiger partial charge in [-0.1, -0.05) is 24.3 Å². The van der Waals surface area contributed by atoms with E-state index in [1.165, 1.54) is 14.2 Å². The van der Waals surface area contributed by atoms with Crippen molar-refractivity contribution < 1.29 is 34.4 Å². The van der Waals surface area contributed by atoms with Crippen molar-refractivity contribution in [1.82, 2.24) is 0 Å². The van der Waals surface area contributed by atoms with Crippen LogP contribution < -0.4 is 9.47 Å². The predicted molar refractivity (Wildman–Crippen MR) is 85.9 cm³/mol. The molecule has 2 aromatic rings. The number of hydrogen-bond acceptors (Lipinski definition) is 5. The van der Waals surface area contributed by atoms with Crippen LogP contribution in [0.15, 0.2) is 48.5 Å². The Morgan fingerprint density at radius 3 is 1.96 bits per heavy atom. The first-order chi connectivity index (χ1) is 11.4. The zero-order chi connectivity index (χ0) is 18.1. The fourth-order valence-corrected chi connectivity index (χ4v) is 1.90. The summed E-state index contributed by atoms with van der Waals surface area (Å²) in [6, 6.07) is 13.5. The predicted octanol–water partition coefficient (Wildman–Crippen LogP) is 2.84. The summed E-state index contributed by atoms with van der Waals surface area (Å²) in [5.74, 6) is 0.797. The number of ether oxygens (including phenoxy) is 2. The molecule has 0 aliphatic rings. The SMILES string of the molecule is COc1cccc(C(=O)C(O)c2cccc(OC)c2)c1.O=C(O)O. The summed E-state index contributed by atoms with van der Waals surface area (Å²) in [6.45, 7) is 0. The highest BCUT2D eigenvalue weighted by Crippen LogP contribution is 2.23. The van der Waals surface area contributed by atoms with Crippen molar-refractivity contribution in [3.05, 3.63) is 59.7 Å². The van der Waals surface area contributed by atoms with Crippen LogP contribution in [0.3, 0.4) is 0 Å². The van der Waals surface area contributed by atoms with E-state index in [0.29, 0.717) is 22.6 Å². The van der Waals surface area contributed by atoms with E-state index < -0.39 is 12.3 Å². The van der Waals surface area contributed by atoms with Gasteiger partial charge in [-0.2, -0.15) is 0 Å². The van der Waals surface area contributed by atoms with Gasteiger partial charge in [-0.25, -0.2) is 4.79 Å². The number of rotatable bonds is 5. The van der Waals surface area contributed by atoms with E-state index in [0.717, 1.165) is 0 Å². The second-order valence-corrected chi connectivity index (χ2v) is 4.56. The van der Waals surface area contributed by atoms with Crippen molar-refractivity contribution in [3.8, 4) is 11.5 Å². The lowest BCUT2D eigenvalue weighted by atomic mass is 9.99. The Kier molecular flexibility index (Phi) is 7.25. The summed E-state index contributed by atoms with van der Waals surface area (Å²) in [6.07, 6.45) is -3.06. The van der Waals surface area contributed by atoms with E-state index >= 15 is 0 Å². The number of benzene rings is 2. The molecule has 0 aliphatic carbocycles. The van der Waals surface area contributed by atoms with Gasteiger partial charge in [-0.3, -0.25) is 4.79 Å². The number of aliphatic hydroxyl groups is 1. The minimum Gasteiger partial charge on any atom is -0.497 e. The molecule has 128 valence electrons. The van der Waals surface area contributed by atoms with E-state index in [9.17, 15) is 9.90 Å². The fourth-order valence-electron chi connectivity index (χ4n) is 1.90. The van der Waals surface area contributed by atoms with Gasteiger partial charge in [0.15, 0.2) is 5.78 Å². The van der Waals surface area contributed by atoms with Crippen LogP contribution >= 0.6 is 0 Å². The number of carboxylic acid groups (broad SMARTS) is 2. The van der Waals surface area contributed by atoms with Gasteiger partial charge in [0.1, 0.15) is 17.6 Å². The average molecular weight is 334 g/mol. The third-order valence-corrected chi connectivity index (χ3v) is 3.01. The summed E-state index contributed by atoms with van der Waals surface area (Å²) < 4.78 is 10.2. The number of carbonyl (C=O) groups is 2. The van der Waals surface area contributed by atoms with E-state index in [1.54, 1.807) is 48.5 Å². The normalized spacial score (nSPS) is 10.8. The molecule has 0 amide bonds. The number of hydrogen-bond donors (Lipinski definition) is 3. The highest BCUT2D eigenvalue weighted by atomic mass is 16.6. The summed E-state index contributed by atoms with van der Waals surface area (Å²) in [5, 5.41) is 24.1.